The fourth-order valence-corrected chi connectivity index (χ4v) is 0. The van der Waals surface area contributed by atoms with Crippen LogP contribution < -0.4 is 0 Å². The molecule has 0 aromatic heterocycles. The maximum absolute atomic E-state index is 3.30. The average molecular weight is 418 g/mol. The molecular weight excluding hydrogens is 418 g/mol. The fourth-order valence-electron chi connectivity index (χ4n) is 0. The van der Waals surface area contributed by atoms with Crippen LogP contribution in [0, 0.1) is 0 Å². The summed E-state index contributed by atoms with van der Waals surface area (Å²) < 4.78 is 0. The van der Waals surface area contributed by atoms with Gasteiger partial charge < -0.3 is 0 Å². The van der Waals surface area contributed by atoms with Crippen LogP contribution in [0.25, 0.3) is 0 Å². The van der Waals surface area contributed by atoms with Crippen LogP contribution in [-0.2, 0) is 7.29 Å². The van der Waals surface area contributed by atoms with Crippen molar-refractivity contribution in [3.63, 3.8) is 0 Å². The summed E-state index contributed by atoms with van der Waals surface area (Å²) in [5.41, 5.74) is 0. The van der Waals surface area contributed by atoms with E-state index in [1.807, 2.05) is 0 Å². The van der Waals surface area contributed by atoms with E-state index >= 15 is 0 Å². The summed E-state index contributed by atoms with van der Waals surface area (Å²) in [6.45, 7) is 0. The Hall–Kier alpha value is 2.57. The molecule has 0 radical (unpaired) electrons. The monoisotopic (exact) mass is 413 g/mol. The summed E-state index contributed by atoms with van der Waals surface area (Å²) in [7, 11) is -1.69. The first-order valence-corrected chi connectivity index (χ1v) is 17.6. The minimum absolute atomic E-state index is 1.69. The van der Waals surface area contributed by atoms with Gasteiger partial charge in [0.25, 0.3) is 0 Å². The van der Waals surface area contributed by atoms with E-state index in [0.717, 1.165) is 0 Å². The van der Waals surface area contributed by atoms with Gasteiger partial charge in [-0.25, -0.2) is 0 Å². The molecule has 0 aliphatic heterocycles. The summed E-state index contributed by atoms with van der Waals surface area (Å²) in [4.78, 5) is 0. The van der Waals surface area contributed by atoms with Crippen molar-refractivity contribution in [2.24, 2.45) is 0 Å². The van der Waals surface area contributed by atoms with Crippen molar-refractivity contribution in [1.29, 1.82) is 0 Å². The molecule has 0 atom stereocenters. The summed E-state index contributed by atoms with van der Waals surface area (Å²) in [5, 5.41) is 0. The first-order chi connectivity index (χ1) is 2.00. The van der Waals surface area contributed by atoms with E-state index < -0.39 is 7.29 Å². The van der Waals surface area contributed by atoms with Gasteiger partial charge in [-0.2, -0.15) is 0 Å². The quantitative estimate of drug-likeness (QED) is 0.567. The van der Waals surface area contributed by atoms with E-state index in [4.69, 9.17) is 0 Å². The van der Waals surface area contributed by atoms with Crippen molar-refractivity contribution in [1.82, 2.24) is 0 Å². The molecule has 0 rings (SSSR count). The molecule has 0 aromatic carbocycles. The Labute approximate surface area is 60.1 Å². The first-order valence-electron chi connectivity index (χ1n) is 0.571. The number of rotatable bonds is 0. The fraction of sp³-hybridized carbons (Fsp3) is 0. The third kappa shape index (κ3) is 20.8. The topological polar surface area (TPSA) is 0 Å². The van der Waals surface area contributed by atoms with Crippen LogP contribution in [0.1, 0.15) is 0 Å². The minimum atomic E-state index is -1.69. The molecule has 0 fully saturated rings. The van der Waals surface area contributed by atoms with Crippen molar-refractivity contribution >= 4 is 54.0 Å². The van der Waals surface area contributed by atoms with Crippen LogP contribution in [0.15, 0.2) is 0 Å². The van der Waals surface area contributed by atoms with Gasteiger partial charge in [0.2, 0.25) is 0 Å². The van der Waals surface area contributed by atoms with Crippen molar-refractivity contribution in [2.75, 3.05) is 0 Å². The molecule has 0 saturated heterocycles. The van der Waals surface area contributed by atoms with E-state index in [1.54, 1.807) is 0 Å². The Bertz CT molecular complexity index is 19.1. The predicted molar refractivity (Wildman–Crippen MR) is 35.7 cm³/mol. The van der Waals surface area contributed by atoms with E-state index in [1.165, 1.54) is 0 Å². The third-order valence-corrected chi connectivity index (χ3v) is 0. The van der Waals surface area contributed by atoms with Gasteiger partial charge in [0.15, 0.2) is 0 Å². The normalized spacial score (nSPS) is 15.2. The second-order valence-corrected chi connectivity index (χ2v) is 51.7. The molecule has 0 aliphatic carbocycles. The van der Waals surface area contributed by atoms with E-state index in [0.29, 0.717) is 0 Å². The Morgan fingerprint density at radius 2 is 0.800 bits per heavy atom. The molecule has 0 spiro atoms. The molecule has 0 heterocycles. The van der Waals surface area contributed by atoms with Crippen molar-refractivity contribution in [3.8, 4) is 0 Å². The van der Waals surface area contributed by atoms with Gasteiger partial charge in [-0.05, 0) is 0 Å². The molecule has 0 bridgehead atoms. The zero-order chi connectivity index (χ0) is 4.50. The summed E-state index contributed by atoms with van der Waals surface area (Å²) in [6.07, 6.45) is 0. The molecule has 0 amide bonds. The average Bonchev–Trinajstić information content (AvgIpc) is 0.722. The molecule has 0 unspecified atom stereocenters. The zero-order valence-corrected chi connectivity index (χ0v) is 10.1. The van der Waals surface area contributed by atoms with E-state index in [9.17, 15) is 0 Å². The molecule has 0 aliphatic rings. The van der Waals surface area contributed by atoms with Crippen LogP contribution >= 0.6 is 54.0 Å². The molecule has 0 N–H and O–H groups in total. The van der Waals surface area contributed by atoms with Gasteiger partial charge in [0, 0.05) is 0 Å². The first kappa shape index (κ1) is 7.57. The Kier molecular flexibility index (Phi) is 4.20. The van der Waals surface area contributed by atoms with Gasteiger partial charge in [0.05, 0.1) is 0 Å². The van der Waals surface area contributed by atoms with E-state index in [-0.39, 0.29) is 0 Å². The van der Waals surface area contributed by atoms with E-state index in [2.05, 4.69) is 54.0 Å². The molecule has 35 valence electrons. The molecule has 0 aromatic rings. The van der Waals surface area contributed by atoms with Crippen molar-refractivity contribution in [2.45, 2.75) is 0 Å². The standard InChI is InChI=1S/4BrH.Tc/h4*1H;/q;;;;+4/p-4. The predicted octanol–water partition coefficient (Wildman–Crippen LogP) is 3.38. The Morgan fingerprint density at radius 1 is 0.800 bits per heavy atom. The SMILES string of the molecule is [Br][Tc]([Br])([Br])[Br]. The van der Waals surface area contributed by atoms with Crippen LogP contribution in [0.2, 0.25) is 0 Å². The second kappa shape index (κ2) is 2.77. The van der Waals surface area contributed by atoms with Gasteiger partial charge in [-0.15, -0.1) is 0 Å². The van der Waals surface area contributed by atoms with Gasteiger partial charge >= 0.3 is 61.3 Å². The number of halogens is 4. The zero-order valence-electron chi connectivity index (χ0n) is 1.89. The molecular formula is Br4Tc. The summed E-state index contributed by atoms with van der Waals surface area (Å²) >= 11 is 13.2. The van der Waals surface area contributed by atoms with Gasteiger partial charge in [0.1, 0.15) is 0 Å². The molecule has 5 heteroatoms. The second-order valence-electron chi connectivity index (χ2n) is 0.324. The Morgan fingerprint density at radius 3 is 0.800 bits per heavy atom. The molecule has 0 nitrogen and oxygen atoms in total. The van der Waals surface area contributed by atoms with Crippen LogP contribution in [0.5, 0.6) is 0 Å². The molecule has 0 saturated carbocycles. The summed E-state index contributed by atoms with van der Waals surface area (Å²) in [5.74, 6) is 0. The Balaban J connectivity index is 3.02. The van der Waals surface area contributed by atoms with Gasteiger partial charge in [-0.3, -0.25) is 0 Å². The summed E-state index contributed by atoms with van der Waals surface area (Å²) in [6, 6.07) is 0. The molecule has 5 heavy (non-hydrogen) atoms. The van der Waals surface area contributed by atoms with Crippen LogP contribution in [0.3, 0.4) is 0 Å². The van der Waals surface area contributed by atoms with Crippen molar-refractivity contribution in [3.05, 3.63) is 0 Å². The van der Waals surface area contributed by atoms with Crippen LogP contribution in [0.4, 0.5) is 0 Å². The van der Waals surface area contributed by atoms with Gasteiger partial charge in [-0.1, -0.05) is 0 Å². The number of hydrogen-bond acceptors (Lipinski definition) is 0. The third-order valence-electron chi connectivity index (χ3n) is 0. The van der Waals surface area contributed by atoms with Crippen molar-refractivity contribution < 1.29 is 7.29 Å². The van der Waals surface area contributed by atoms with Crippen LogP contribution in [-0.4, -0.2) is 0 Å². The maximum atomic E-state index is 3.30. The number of hydrogen-bond donors (Lipinski definition) is 0.